The van der Waals surface area contributed by atoms with Crippen molar-refractivity contribution >= 4 is 35.8 Å². The number of hydrogen-bond acceptors (Lipinski definition) is 4. The number of hydrogen-bond donors (Lipinski definition) is 3. The molecule has 0 aliphatic rings. The van der Waals surface area contributed by atoms with Gasteiger partial charge in [0.05, 0.1) is 0 Å². The fourth-order valence-corrected chi connectivity index (χ4v) is 0.693. The largest absolute Gasteiger partial charge is 0.504 e. The fourth-order valence-electron chi connectivity index (χ4n) is 0.693. The maximum absolute atomic E-state index is 10.1. The van der Waals surface area contributed by atoms with E-state index in [2.05, 4.69) is 0 Å². The smallest absolute Gasteiger partial charge is 0.200 e. The second kappa shape index (κ2) is 4.35. The molecule has 12 heavy (non-hydrogen) atoms. The van der Waals surface area contributed by atoms with E-state index in [1.54, 1.807) is 0 Å². The minimum atomic E-state index is -0.615. The molecule has 0 aliphatic carbocycles. The molecule has 0 saturated carbocycles. The van der Waals surface area contributed by atoms with Crippen LogP contribution in [0.5, 0.6) is 17.2 Å². The Morgan fingerprint density at radius 2 is 1.50 bits per heavy atom. The SMILES string of the molecule is O=Cc1cc(O)c(O)c(O)c1.[Na]. The van der Waals surface area contributed by atoms with Crippen LogP contribution in [0.1, 0.15) is 10.4 Å². The van der Waals surface area contributed by atoms with Gasteiger partial charge in [-0.15, -0.1) is 0 Å². The van der Waals surface area contributed by atoms with Gasteiger partial charge in [0.25, 0.3) is 0 Å². The van der Waals surface area contributed by atoms with Gasteiger partial charge in [0.1, 0.15) is 6.29 Å². The third-order valence-electron chi connectivity index (χ3n) is 1.23. The first kappa shape index (κ1) is 11.3. The molecule has 59 valence electrons. The number of rotatable bonds is 1. The maximum atomic E-state index is 10.1. The molecule has 0 saturated heterocycles. The van der Waals surface area contributed by atoms with Gasteiger partial charge in [0.15, 0.2) is 17.2 Å². The molecule has 0 heterocycles. The monoisotopic (exact) mass is 177 g/mol. The van der Waals surface area contributed by atoms with Gasteiger partial charge in [-0.3, -0.25) is 4.79 Å². The van der Waals surface area contributed by atoms with Gasteiger partial charge in [0.2, 0.25) is 0 Å². The van der Waals surface area contributed by atoms with E-state index in [1.807, 2.05) is 0 Å². The molecule has 0 bridgehead atoms. The molecule has 0 aliphatic heterocycles. The second-order valence-corrected chi connectivity index (χ2v) is 2.03. The van der Waals surface area contributed by atoms with E-state index in [0.717, 1.165) is 12.1 Å². The molecule has 0 unspecified atom stereocenters. The van der Waals surface area contributed by atoms with Crippen molar-refractivity contribution in [2.45, 2.75) is 0 Å². The zero-order valence-electron chi connectivity index (χ0n) is 6.48. The van der Waals surface area contributed by atoms with Gasteiger partial charge >= 0.3 is 0 Å². The summed E-state index contributed by atoms with van der Waals surface area (Å²) in [6.07, 6.45) is 0.457. The summed E-state index contributed by atoms with van der Waals surface area (Å²) >= 11 is 0. The van der Waals surface area contributed by atoms with Crippen LogP contribution >= 0.6 is 0 Å². The van der Waals surface area contributed by atoms with Crippen LogP contribution in [-0.4, -0.2) is 51.2 Å². The van der Waals surface area contributed by atoms with E-state index in [4.69, 9.17) is 15.3 Å². The first-order chi connectivity index (χ1) is 5.15. The molecular weight excluding hydrogens is 171 g/mol. The summed E-state index contributed by atoms with van der Waals surface area (Å²) < 4.78 is 0. The molecule has 0 atom stereocenters. The summed E-state index contributed by atoms with van der Waals surface area (Å²) in [4.78, 5) is 10.1. The first-order valence-electron chi connectivity index (χ1n) is 2.85. The van der Waals surface area contributed by atoms with Gasteiger partial charge in [-0.2, -0.15) is 0 Å². The number of carbonyl (C=O) groups is 1. The Morgan fingerprint density at radius 3 is 1.83 bits per heavy atom. The minimum Gasteiger partial charge on any atom is -0.504 e. The topological polar surface area (TPSA) is 77.8 Å². The van der Waals surface area contributed by atoms with Crippen molar-refractivity contribution in [3.05, 3.63) is 17.7 Å². The molecular formula is C7H6NaO4. The number of benzene rings is 1. The number of phenols is 3. The Kier molecular flexibility index (Phi) is 4.09. The zero-order chi connectivity index (χ0) is 8.43. The van der Waals surface area contributed by atoms with E-state index in [9.17, 15) is 4.79 Å². The molecule has 1 rings (SSSR count). The molecule has 3 N–H and O–H groups in total. The summed E-state index contributed by atoms with van der Waals surface area (Å²) in [5, 5.41) is 26.5. The quantitative estimate of drug-likeness (QED) is 0.326. The van der Waals surface area contributed by atoms with E-state index in [-0.39, 0.29) is 35.1 Å². The van der Waals surface area contributed by atoms with Crippen molar-refractivity contribution in [1.82, 2.24) is 0 Å². The minimum absolute atomic E-state index is 0. The fraction of sp³-hybridized carbons (Fsp3) is 0. The summed E-state index contributed by atoms with van der Waals surface area (Å²) in [5.41, 5.74) is 0.109. The molecule has 1 aromatic rings. The predicted octanol–water partition coefficient (Wildman–Crippen LogP) is 0.235. The first-order valence-corrected chi connectivity index (χ1v) is 2.85. The third-order valence-corrected chi connectivity index (χ3v) is 1.23. The maximum Gasteiger partial charge on any atom is 0.200 e. The van der Waals surface area contributed by atoms with Crippen LogP contribution < -0.4 is 0 Å². The van der Waals surface area contributed by atoms with Crippen molar-refractivity contribution in [3.8, 4) is 17.2 Å². The number of carbonyl (C=O) groups excluding carboxylic acids is 1. The normalized spacial score (nSPS) is 8.67. The zero-order valence-corrected chi connectivity index (χ0v) is 8.48. The summed E-state index contributed by atoms with van der Waals surface area (Å²) in [6, 6.07) is 2.12. The van der Waals surface area contributed by atoms with E-state index in [0.29, 0.717) is 6.29 Å². The van der Waals surface area contributed by atoms with Crippen molar-refractivity contribution in [1.29, 1.82) is 0 Å². The van der Waals surface area contributed by atoms with Crippen molar-refractivity contribution in [2.24, 2.45) is 0 Å². The van der Waals surface area contributed by atoms with Crippen molar-refractivity contribution < 1.29 is 20.1 Å². The standard InChI is InChI=1S/C7H6O4.Na/c8-3-4-1-5(9)7(11)6(10)2-4;/h1-3,9-11H;. The molecule has 0 fully saturated rings. The van der Waals surface area contributed by atoms with Crippen LogP contribution in [-0.2, 0) is 0 Å². The van der Waals surface area contributed by atoms with E-state index < -0.39 is 17.2 Å². The Morgan fingerprint density at radius 1 is 1.08 bits per heavy atom. The molecule has 5 heteroatoms. The van der Waals surface area contributed by atoms with Gasteiger partial charge in [0, 0.05) is 35.1 Å². The molecule has 1 aromatic carbocycles. The van der Waals surface area contributed by atoms with Crippen molar-refractivity contribution in [3.63, 3.8) is 0 Å². The number of aldehydes is 1. The Labute approximate surface area is 90.8 Å². The Hall–Kier alpha value is -0.710. The summed E-state index contributed by atoms with van der Waals surface area (Å²) in [7, 11) is 0. The Balaban J connectivity index is 0.00000121. The Bertz CT molecular complexity index is 274. The third kappa shape index (κ3) is 2.14. The van der Waals surface area contributed by atoms with E-state index >= 15 is 0 Å². The van der Waals surface area contributed by atoms with Gasteiger partial charge < -0.3 is 15.3 Å². The average molecular weight is 177 g/mol. The van der Waals surface area contributed by atoms with Crippen LogP contribution in [0.4, 0.5) is 0 Å². The number of aromatic hydroxyl groups is 3. The summed E-state index contributed by atoms with van der Waals surface area (Å²) in [5.74, 6) is -1.63. The molecule has 0 spiro atoms. The average Bonchev–Trinajstić information content (AvgIpc) is 1.99. The van der Waals surface area contributed by atoms with Crippen LogP contribution in [0.25, 0.3) is 0 Å². The molecule has 0 amide bonds. The van der Waals surface area contributed by atoms with E-state index in [1.165, 1.54) is 0 Å². The summed E-state index contributed by atoms with van der Waals surface area (Å²) in [6.45, 7) is 0. The molecule has 0 aromatic heterocycles. The molecule has 1 radical (unpaired) electrons. The number of phenolic OH excluding ortho intramolecular Hbond substituents is 3. The van der Waals surface area contributed by atoms with Gasteiger partial charge in [-0.25, -0.2) is 0 Å². The predicted molar refractivity (Wildman–Crippen MR) is 42.6 cm³/mol. The van der Waals surface area contributed by atoms with Crippen LogP contribution in [0.3, 0.4) is 0 Å². The van der Waals surface area contributed by atoms with Crippen LogP contribution in [0, 0.1) is 0 Å². The molecule has 4 nitrogen and oxygen atoms in total. The van der Waals surface area contributed by atoms with Gasteiger partial charge in [-0.05, 0) is 12.1 Å². The second-order valence-electron chi connectivity index (χ2n) is 2.03. The van der Waals surface area contributed by atoms with Gasteiger partial charge in [-0.1, -0.05) is 0 Å². The van der Waals surface area contributed by atoms with Crippen LogP contribution in [0.15, 0.2) is 12.1 Å². The van der Waals surface area contributed by atoms with Crippen LogP contribution in [0.2, 0.25) is 0 Å². The van der Waals surface area contributed by atoms with Crippen molar-refractivity contribution in [2.75, 3.05) is 0 Å².